The maximum Gasteiger partial charge on any atom is 0.225 e. The van der Waals surface area contributed by atoms with Crippen molar-refractivity contribution in [2.75, 3.05) is 24.7 Å². The highest BCUT2D eigenvalue weighted by molar-refractivity contribution is 5.35. The lowest BCUT2D eigenvalue weighted by Gasteiger charge is -2.21. The largest absolute Gasteiger partial charge is 0.379 e. The number of nitrogens with zero attached hydrogens (tertiary/aromatic N) is 4. The van der Waals surface area contributed by atoms with E-state index in [2.05, 4.69) is 19.9 Å². The average molecular weight is 316 g/mol. The maximum atomic E-state index is 13.0. The van der Waals surface area contributed by atoms with Crippen molar-refractivity contribution >= 4 is 5.95 Å². The van der Waals surface area contributed by atoms with Gasteiger partial charge in [-0.15, -0.1) is 0 Å². The van der Waals surface area contributed by atoms with Gasteiger partial charge in [-0.3, -0.25) is 4.98 Å². The number of aromatic nitrogens is 3. The van der Waals surface area contributed by atoms with Crippen molar-refractivity contribution in [3.63, 3.8) is 0 Å². The first-order valence-electron chi connectivity index (χ1n) is 7.65. The molecule has 2 saturated heterocycles. The van der Waals surface area contributed by atoms with Crippen molar-refractivity contribution in [2.45, 2.75) is 18.8 Å². The molecule has 0 saturated carbocycles. The summed E-state index contributed by atoms with van der Waals surface area (Å²) in [7, 11) is 0. The van der Waals surface area contributed by atoms with Gasteiger partial charge in [0.15, 0.2) is 5.82 Å². The van der Waals surface area contributed by atoms with E-state index in [-0.39, 0.29) is 18.1 Å². The van der Waals surface area contributed by atoms with Crippen molar-refractivity contribution in [1.29, 1.82) is 0 Å². The molecular weight excluding hydrogens is 299 g/mol. The SMILES string of the molecule is Fc1cnc(N2C[C@H](OCc3ccccn3)[C@H]3COC[C@H]32)nc1. The zero-order chi connectivity index (χ0) is 15.6. The Hall–Kier alpha value is -2.12. The molecule has 120 valence electrons. The summed E-state index contributed by atoms with van der Waals surface area (Å²) >= 11 is 0. The molecule has 0 unspecified atom stereocenters. The van der Waals surface area contributed by atoms with Gasteiger partial charge in [0.1, 0.15) is 0 Å². The Labute approximate surface area is 133 Å². The molecule has 3 atom stereocenters. The van der Waals surface area contributed by atoms with Crippen LogP contribution in [0.2, 0.25) is 0 Å². The molecule has 2 fully saturated rings. The van der Waals surface area contributed by atoms with Crippen LogP contribution in [0.5, 0.6) is 0 Å². The van der Waals surface area contributed by atoms with Crippen LogP contribution >= 0.6 is 0 Å². The number of fused-ring (bicyclic) bond motifs is 1. The van der Waals surface area contributed by atoms with E-state index in [0.717, 1.165) is 5.69 Å². The number of pyridine rings is 1. The first kappa shape index (κ1) is 14.5. The topological polar surface area (TPSA) is 60.4 Å². The first-order chi connectivity index (χ1) is 11.3. The predicted octanol–water partition coefficient (Wildman–Crippen LogP) is 1.43. The Morgan fingerprint density at radius 2 is 2.09 bits per heavy atom. The van der Waals surface area contributed by atoms with Gasteiger partial charge < -0.3 is 14.4 Å². The van der Waals surface area contributed by atoms with E-state index in [1.165, 1.54) is 12.4 Å². The van der Waals surface area contributed by atoms with Crippen molar-refractivity contribution in [2.24, 2.45) is 5.92 Å². The Kier molecular flexibility index (Phi) is 3.88. The molecule has 0 bridgehead atoms. The number of hydrogen-bond donors (Lipinski definition) is 0. The average Bonchev–Trinajstić information content (AvgIpc) is 3.18. The van der Waals surface area contributed by atoms with Crippen molar-refractivity contribution in [3.8, 4) is 0 Å². The molecule has 0 radical (unpaired) electrons. The minimum atomic E-state index is -0.435. The quantitative estimate of drug-likeness (QED) is 0.850. The van der Waals surface area contributed by atoms with E-state index >= 15 is 0 Å². The molecule has 2 aromatic heterocycles. The van der Waals surface area contributed by atoms with Crippen LogP contribution in [-0.4, -0.2) is 46.9 Å². The molecule has 0 amide bonds. The molecule has 0 aromatic carbocycles. The summed E-state index contributed by atoms with van der Waals surface area (Å²) < 4.78 is 24.7. The molecule has 0 aliphatic carbocycles. The Bertz CT molecular complexity index is 655. The summed E-state index contributed by atoms with van der Waals surface area (Å²) in [6.45, 7) is 2.42. The number of anilines is 1. The van der Waals surface area contributed by atoms with Gasteiger partial charge in [-0.2, -0.15) is 0 Å². The molecule has 2 aliphatic heterocycles. The molecule has 4 rings (SSSR count). The lowest BCUT2D eigenvalue weighted by Crippen LogP contribution is -2.34. The molecule has 2 aliphatic rings. The number of ether oxygens (including phenoxy) is 2. The number of halogens is 1. The standard InChI is InChI=1S/C16H17FN4O2/c17-11-5-19-16(20-6-11)21-7-15(13-9-22-10-14(13)21)23-8-12-3-1-2-4-18-12/h1-6,13-15H,7-10H2/t13-,14+,15-/m0/s1. The van der Waals surface area contributed by atoms with Crippen molar-refractivity contribution in [3.05, 3.63) is 48.3 Å². The number of rotatable bonds is 4. The molecule has 2 aromatic rings. The summed E-state index contributed by atoms with van der Waals surface area (Å²) in [4.78, 5) is 14.5. The molecule has 7 heteroatoms. The second kappa shape index (κ2) is 6.17. The normalized spacial score (nSPS) is 26.5. The van der Waals surface area contributed by atoms with Gasteiger partial charge in [-0.1, -0.05) is 6.07 Å². The highest BCUT2D eigenvalue weighted by atomic mass is 19.1. The summed E-state index contributed by atoms with van der Waals surface area (Å²) in [6.07, 6.45) is 4.16. The van der Waals surface area contributed by atoms with E-state index in [9.17, 15) is 4.39 Å². The number of hydrogen-bond acceptors (Lipinski definition) is 6. The van der Waals surface area contributed by atoms with Crippen molar-refractivity contribution < 1.29 is 13.9 Å². The highest BCUT2D eigenvalue weighted by Crippen LogP contribution is 2.34. The monoisotopic (exact) mass is 316 g/mol. The first-order valence-corrected chi connectivity index (χ1v) is 7.65. The summed E-state index contributed by atoms with van der Waals surface area (Å²) in [5.41, 5.74) is 0.902. The van der Waals surface area contributed by atoms with Crippen LogP contribution in [0, 0.1) is 11.7 Å². The highest BCUT2D eigenvalue weighted by Gasteiger charge is 2.47. The van der Waals surface area contributed by atoms with Gasteiger partial charge >= 0.3 is 0 Å². The lowest BCUT2D eigenvalue weighted by molar-refractivity contribution is 0.0145. The third-order valence-corrected chi connectivity index (χ3v) is 4.38. The van der Waals surface area contributed by atoms with Gasteiger partial charge in [-0.25, -0.2) is 14.4 Å². The third kappa shape index (κ3) is 2.89. The Balaban J connectivity index is 1.47. The van der Waals surface area contributed by atoms with Crippen LogP contribution in [0.15, 0.2) is 36.8 Å². The van der Waals surface area contributed by atoms with Crippen LogP contribution in [0.1, 0.15) is 5.69 Å². The predicted molar refractivity (Wildman–Crippen MR) is 80.2 cm³/mol. The Morgan fingerprint density at radius 1 is 1.22 bits per heavy atom. The van der Waals surface area contributed by atoms with Crippen LogP contribution in [-0.2, 0) is 16.1 Å². The fraction of sp³-hybridized carbons (Fsp3) is 0.438. The second-order valence-electron chi connectivity index (χ2n) is 5.79. The molecule has 4 heterocycles. The minimum absolute atomic E-state index is 0.0261. The van der Waals surface area contributed by atoms with Gasteiger partial charge in [0.25, 0.3) is 0 Å². The van der Waals surface area contributed by atoms with E-state index in [0.29, 0.717) is 32.3 Å². The summed E-state index contributed by atoms with van der Waals surface area (Å²) in [6, 6.07) is 5.95. The third-order valence-electron chi connectivity index (χ3n) is 4.38. The zero-order valence-electron chi connectivity index (χ0n) is 12.5. The summed E-state index contributed by atoms with van der Waals surface area (Å²) in [5.74, 6) is 0.360. The fourth-order valence-electron chi connectivity index (χ4n) is 3.24. The molecular formula is C16H17FN4O2. The lowest BCUT2D eigenvalue weighted by atomic mass is 10.0. The van der Waals surface area contributed by atoms with Gasteiger partial charge in [0.05, 0.1) is 50.1 Å². The molecule has 23 heavy (non-hydrogen) atoms. The van der Waals surface area contributed by atoms with Crippen LogP contribution in [0.4, 0.5) is 10.3 Å². The fourth-order valence-corrected chi connectivity index (χ4v) is 3.24. The van der Waals surface area contributed by atoms with Gasteiger partial charge in [0.2, 0.25) is 5.95 Å². The molecule has 6 nitrogen and oxygen atoms in total. The van der Waals surface area contributed by atoms with E-state index in [1.807, 2.05) is 18.2 Å². The minimum Gasteiger partial charge on any atom is -0.379 e. The molecule has 0 N–H and O–H groups in total. The van der Waals surface area contributed by atoms with Crippen LogP contribution in [0.25, 0.3) is 0 Å². The Morgan fingerprint density at radius 3 is 2.87 bits per heavy atom. The van der Waals surface area contributed by atoms with Crippen LogP contribution in [0.3, 0.4) is 0 Å². The second-order valence-corrected chi connectivity index (χ2v) is 5.79. The van der Waals surface area contributed by atoms with Gasteiger partial charge in [0, 0.05) is 18.7 Å². The summed E-state index contributed by atoms with van der Waals surface area (Å²) in [5, 5.41) is 0. The van der Waals surface area contributed by atoms with E-state index < -0.39 is 5.82 Å². The smallest absolute Gasteiger partial charge is 0.225 e. The van der Waals surface area contributed by atoms with Crippen LogP contribution < -0.4 is 4.90 Å². The molecule has 0 spiro atoms. The van der Waals surface area contributed by atoms with Gasteiger partial charge in [-0.05, 0) is 12.1 Å². The van der Waals surface area contributed by atoms with E-state index in [1.54, 1.807) is 6.20 Å². The van der Waals surface area contributed by atoms with Crippen molar-refractivity contribution in [1.82, 2.24) is 15.0 Å². The zero-order valence-corrected chi connectivity index (χ0v) is 12.5. The maximum absolute atomic E-state index is 13.0. The van der Waals surface area contributed by atoms with E-state index in [4.69, 9.17) is 9.47 Å².